The number of para-hydroxylation sites is 1. The second-order valence-corrected chi connectivity index (χ2v) is 9.65. The summed E-state index contributed by atoms with van der Waals surface area (Å²) in [6.07, 6.45) is 1.44. The maximum atomic E-state index is 12.4. The molecule has 1 atom stereocenters. The highest BCUT2D eigenvalue weighted by Crippen LogP contribution is 2.49. The Bertz CT molecular complexity index is 850. The minimum absolute atomic E-state index is 0.0994. The van der Waals surface area contributed by atoms with E-state index in [0.29, 0.717) is 18.4 Å². The number of benzene rings is 2. The summed E-state index contributed by atoms with van der Waals surface area (Å²) in [6, 6.07) is 15.4. The van der Waals surface area contributed by atoms with Crippen molar-refractivity contribution < 1.29 is 4.79 Å². The van der Waals surface area contributed by atoms with E-state index in [2.05, 4.69) is 92.4 Å². The van der Waals surface area contributed by atoms with Crippen LogP contribution in [0.5, 0.6) is 0 Å². The van der Waals surface area contributed by atoms with Crippen LogP contribution in [0.1, 0.15) is 32.8 Å². The zero-order valence-corrected chi connectivity index (χ0v) is 19.1. The van der Waals surface area contributed by atoms with E-state index in [1.165, 1.54) is 21.2 Å². The molecule has 1 unspecified atom stereocenters. The van der Waals surface area contributed by atoms with Crippen LogP contribution in [-0.2, 0) is 11.2 Å². The largest absolute Gasteiger partial charge is 0.356 e. The van der Waals surface area contributed by atoms with Crippen LogP contribution in [0.3, 0.4) is 0 Å². The molecule has 1 heterocycles. The van der Waals surface area contributed by atoms with Gasteiger partial charge in [0, 0.05) is 28.9 Å². The highest BCUT2D eigenvalue weighted by Gasteiger charge is 2.27. The van der Waals surface area contributed by atoms with Crippen LogP contribution in [0.15, 0.2) is 52.3 Å². The molecule has 0 spiro atoms. The van der Waals surface area contributed by atoms with Crippen molar-refractivity contribution >= 4 is 29.0 Å². The van der Waals surface area contributed by atoms with Crippen LogP contribution in [0.25, 0.3) is 0 Å². The molecule has 0 bridgehead atoms. The molecule has 4 nitrogen and oxygen atoms in total. The van der Waals surface area contributed by atoms with Gasteiger partial charge in [-0.15, -0.1) is 0 Å². The lowest BCUT2D eigenvalue weighted by molar-refractivity contribution is -0.120. The SMILES string of the molecule is CC(C)CCNC(=O)Cc1ccc2c(c1)N(C(C)CN(C)C)c1ccccc1S2. The summed E-state index contributed by atoms with van der Waals surface area (Å²) in [5, 5.41) is 3.05. The molecule has 1 amide bonds. The molecular formula is C24H33N3OS. The van der Waals surface area contributed by atoms with Gasteiger partial charge in [-0.05, 0) is 63.2 Å². The summed E-state index contributed by atoms with van der Waals surface area (Å²) in [7, 11) is 4.22. The standard InChI is InChI=1S/C24H33N3OS/c1-17(2)12-13-25-24(28)15-19-10-11-23-21(14-19)27(18(3)16-26(4)5)20-8-6-7-9-22(20)29-23/h6-11,14,17-18H,12-13,15-16H2,1-5H3,(H,25,28). The molecule has 0 saturated heterocycles. The number of anilines is 2. The fraction of sp³-hybridized carbons (Fsp3) is 0.458. The number of nitrogens with one attached hydrogen (secondary N) is 1. The first kappa shape index (κ1) is 21.7. The molecule has 2 aromatic carbocycles. The average molecular weight is 412 g/mol. The van der Waals surface area contributed by atoms with Gasteiger partial charge < -0.3 is 15.1 Å². The Balaban J connectivity index is 1.84. The van der Waals surface area contributed by atoms with Gasteiger partial charge in [-0.3, -0.25) is 4.79 Å². The number of likely N-dealkylation sites (N-methyl/N-ethyl adjacent to an activating group) is 1. The monoisotopic (exact) mass is 411 g/mol. The third kappa shape index (κ3) is 5.55. The van der Waals surface area contributed by atoms with Crippen molar-refractivity contribution in [1.82, 2.24) is 10.2 Å². The van der Waals surface area contributed by atoms with E-state index in [1.807, 2.05) is 11.8 Å². The van der Waals surface area contributed by atoms with Crippen molar-refractivity contribution in [2.75, 3.05) is 32.1 Å². The van der Waals surface area contributed by atoms with Gasteiger partial charge in [0.1, 0.15) is 0 Å². The van der Waals surface area contributed by atoms with Crippen LogP contribution in [0, 0.1) is 5.92 Å². The summed E-state index contributed by atoms with van der Waals surface area (Å²) in [4.78, 5) is 19.6. The maximum Gasteiger partial charge on any atom is 0.224 e. The molecule has 0 fully saturated rings. The second kappa shape index (κ2) is 9.68. The molecule has 5 heteroatoms. The molecule has 1 aliphatic heterocycles. The van der Waals surface area contributed by atoms with Gasteiger partial charge in [0.2, 0.25) is 5.91 Å². The Kier molecular flexibility index (Phi) is 7.25. The van der Waals surface area contributed by atoms with Crippen LogP contribution in [0.2, 0.25) is 0 Å². The van der Waals surface area contributed by atoms with Gasteiger partial charge in [0.15, 0.2) is 0 Å². The normalized spacial score (nSPS) is 14.0. The molecular weight excluding hydrogens is 378 g/mol. The summed E-state index contributed by atoms with van der Waals surface area (Å²) >= 11 is 1.81. The van der Waals surface area contributed by atoms with Gasteiger partial charge in [0.05, 0.1) is 17.8 Å². The first-order chi connectivity index (χ1) is 13.8. The topological polar surface area (TPSA) is 35.6 Å². The molecule has 156 valence electrons. The number of fused-ring (bicyclic) bond motifs is 2. The predicted molar refractivity (Wildman–Crippen MR) is 123 cm³/mol. The van der Waals surface area contributed by atoms with E-state index >= 15 is 0 Å². The molecule has 0 radical (unpaired) electrons. The van der Waals surface area contributed by atoms with Crippen LogP contribution < -0.4 is 10.2 Å². The van der Waals surface area contributed by atoms with Crippen molar-refractivity contribution in [1.29, 1.82) is 0 Å². The van der Waals surface area contributed by atoms with E-state index < -0.39 is 0 Å². The van der Waals surface area contributed by atoms with Gasteiger partial charge in [-0.25, -0.2) is 0 Å². The van der Waals surface area contributed by atoms with Crippen molar-refractivity contribution in [3.63, 3.8) is 0 Å². The molecule has 1 N–H and O–H groups in total. The number of carbonyl (C=O) groups is 1. The summed E-state index contributed by atoms with van der Waals surface area (Å²) in [5.41, 5.74) is 3.52. The van der Waals surface area contributed by atoms with Gasteiger partial charge in [-0.2, -0.15) is 0 Å². The van der Waals surface area contributed by atoms with Crippen LogP contribution >= 0.6 is 11.8 Å². The minimum atomic E-state index is 0.0994. The lowest BCUT2D eigenvalue weighted by Crippen LogP contribution is -2.38. The Labute approximate surface area is 179 Å². The van der Waals surface area contributed by atoms with Crippen LogP contribution in [-0.4, -0.2) is 44.0 Å². The zero-order chi connectivity index (χ0) is 21.0. The smallest absolute Gasteiger partial charge is 0.224 e. The fourth-order valence-corrected chi connectivity index (χ4v) is 4.82. The van der Waals surface area contributed by atoms with E-state index in [1.54, 1.807) is 0 Å². The van der Waals surface area contributed by atoms with Crippen LogP contribution in [0.4, 0.5) is 11.4 Å². The third-order valence-corrected chi connectivity index (χ3v) is 6.24. The molecule has 0 aliphatic carbocycles. The Hall–Kier alpha value is -1.98. The molecule has 29 heavy (non-hydrogen) atoms. The first-order valence-corrected chi connectivity index (χ1v) is 11.3. The maximum absolute atomic E-state index is 12.4. The quantitative estimate of drug-likeness (QED) is 0.667. The van der Waals surface area contributed by atoms with E-state index in [-0.39, 0.29) is 5.91 Å². The average Bonchev–Trinajstić information content (AvgIpc) is 2.65. The fourth-order valence-electron chi connectivity index (χ4n) is 3.77. The Morgan fingerprint density at radius 3 is 2.52 bits per heavy atom. The Morgan fingerprint density at radius 2 is 1.79 bits per heavy atom. The van der Waals surface area contributed by atoms with Crippen molar-refractivity contribution in [2.45, 2.75) is 49.4 Å². The zero-order valence-electron chi connectivity index (χ0n) is 18.2. The van der Waals surface area contributed by atoms with Crippen molar-refractivity contribution in [2.24, 2.45) is 5.92 Å². The highest BCUT2D eigenvalue weighted by molar-refractivity contribution is 7.99. The molecule has 0 aromatic heterocycles. The molecule has 3 rings (SSSR count). The molecule has 2 aromatic rings. The van der Waals surface area contributed by atoms with E-state index in [0.717, 1.165) is 25.1 Å². The van der Waals surface area contributed by atoms with Gasteiger partial charge in [-0.1, -0.05) is 43.8 Å². The number of amides is 1. The summed E-state index contributed by atoms with van der Waals surface area (Å²) in [5.74, 6) is 0.699. The lowest BCUT2D eigenvalue weighted by atomic mass is 10.1. The summed E-state index contributed by atoms with van der Waals surface area (Å²) in [6.45, 7) is 8.32. The van der Waals surface area contributed by atoms with E-state index in [9.17, 15) is 4.79 Å². The Morgan fingerprint density at radius 1 is 1.07 bits per heavy atom. The number of carbonyl (C=O) groups excluding carboxylic acids is 1. The second-order valence-electron chi connectivity index (χ2n) is 8.56. The number of nitrogens with zero attached hydrogens (tertiary/aromatic N) is 2. The number of rotatable bonds is 8. The third-order valence-electron chi connectivity index (χ3n) is 5.11. The molecule has 0 saturated carbocycles. The van der Waals surface area contributed by atoms with E-state index in [4.69, 9.17) is 0 Å². The summed E-state index contributed by atoms with van der Waals surface area (Å²) < 4.78 is 0. The number of hydrogen-bond acceptors (Lipinski definition) is 4. The van der Waals surface area contributed by atoms with Crippen molar-refractivity contribution in [3.05, 3.63) is 48.0 Å². The highest BCUT2D eigenvalue weighted by atomic mass is 32.2. The van der Waals surface area contributed by atoms with Crippen molar-refractivity contribution in [3.8, 4) is 0 Å². The van der Waals surface area contributed by atoms with Gasteiger partial charge >= 0.3 is 0 Å². The number of hydrogen-bond donors (Lipinski definition) is 1. The first-order valence-electron chi connectivity index (χ1n) is 10.5. The van der Waals surface area contributed by atoms with Gasteiger partial charge in [0.25, 0.3) is 0 Å². The minimum Gasteiger partial charge on any atom is -0.356 e. The predicted octanol–water partition coefficient (Wildman–Crippen LogP) is 4.94. The molecule has 1 aliphatic rings. The lowest BCUT2D eigenvalue weighted by Gasteiger charge is -2.38.